The van der Waals surface area contributed by atoms with E-state index in [9.17, 15) is 14.3 Å². The van der Waals surface area contributed by atoms with Crippen LogP contribution in [0.1, 0.15) is 59.5 Å². The molecule has 8 heteroatoms. The largest absolute Gasteiger partial charge is 0.387 e. The third kappa shape index (κ3) is 3.93. The van der Waals surface area contributed by atoms with E-state index in [0.29, 0.717) is 36.6 Å². The van der Waals surface area contributed by atoms with E-state index in [1.54, 1.807) is 6.07 Å². The summed E-state index contributed by atoms with van der Waals surface area (Å²) in [4.78, 5) is 17.2. The van der Waals surface area contributed by atoms with Crippen LogP contribution in [0.2, 0.25) is 0 Å². The topological polar surface area (TPSA) is 74.7 Å². The zero-order valence-corrected chi connectivity index (χ0v) is 18.3. The Morgan fingerprint density at radius 1 is 1.16 bits per heavy atom. The van der Waals surface area contributed by atoms with Crippen molar-refractivity contribution in [2.75, 3.05) is 32.7 Å². The SMILES string of the molecule is Cn1ccc2c1C(O)CCN(CCCN1CCC(c3noc4cc(F)ccc34)CC1)C2=O. The first-order chi connectivity index (χ1) is 15.5. The second-order valence-electron chi connectivity index (χ2n) is 9.00. The highest BCUT2D eigenvalue weighted by Crippen LogP contribution is 2.33. The number of carbonyl (C=O) groups excluding carboxylic acids is 1. The number of aryl methyl sites for hydroxylation is 1. The third-order valence-corrected chi connectivity index (χ3v) is 6.97. The molecule has 4 heterocycles. The minimum absolute atomic E-state index is 0.0187. The van der Waals surface area contributed by atoms with Gasteiger partial charge < -0.3 is 24.0 Å². The molecule has 1 amide bonds. The smallest absolute Gasteiger partial charge is 0.255 e. The van der Waals surface area contributed by atoms with Crippen LogP contribution in [0, 0.1) is 5.82 Å². The molecule has 170 valence electrons. The molecule has 2 aliphatic heterocycles. The van der Waals surface area contributed by atoms with Gasteiger partial charge in [-0.1, -0.05) is 5.16 Å². The minimum atomic E-state index is -0.595. The maximum atomic E-state index is 13.4. The number of aromatic nitrogens is 2. The Morgan fingerprint density at radius 2 is 1.97 bits per heavy atom. The molecular weight excluding hydrogens is 411 g/mol. The molecule has 2 aromatic heterocycles. The molecule has 1 N–H and O–H groups in total. The van der Waals surface area contributed by atoms with Gasteiger partial charge in [0, 0.05) is 43.7 Å². The monoisotopic (exact) mass is 440 g/mol. The second-order valence-corrected chi connectivity index (χ2v) is 9.00. The summed E-state index contributed by atoms with van der Waals surface area (Å²) in [5.74, 6) is 0.0317. The number of piperidine rings is 1. The Labute approximate surface area is 186 Å². The van der Waals surface area contributed by atoms with Crippen LogP contribution in [0.5, 0.6) is 0 Å². The molecule has 0 aliphatic carbocycles. The number of hydrogen-bond donors (Lipinski definition) is 1. The summed E-state index contributed by atoms with van der Waals surface area (Å²) >= 11 is 0. The number of aliphatic hydroxyl groups is 1. The number of hydrogen-bond acceptors (Lipinski definition) is 5. The van der Waals surface area contributed by atoms with Gasteiger partial charge in [-0.3, -0.25) is 4.79 Å². The van der Waals surface area contributed by atoms with Gasteiger partial charge in [0.2, 0.25) is 0 Å². The van der Waals surface area contributed by atoms with Crippen molar-refractivity contribution in [2.24, 2.45) is 7.05 Å². The van der Waals surface area contributed by atoms with E-state index < -0.39 is 6.10 Å². The molecule has 1 unspecified atom stereocenters. The van der Waals surface area contributed by atoms with E-state index >= 15 is 0 Å². The predicted octanol–water partition coefficient (Wildman–Crippen LogP) is 3.45. The van der Waals surface area contributed by atoms with Gasteiger partial charge in [0.05, 0.1) is 23.1 Å². The summed E-state index contributed by atoms with van der Waals surface area (Å²) in [6.45, 7) is 4.15. The van der Waals surface area contributed by atoms with Crippen LogP contribution < -0.4 is 0 Å². The van der Waals surface area contributed by atoms with Crippen LogP contribution in [0.25, 0.3) is 11.0 Å². The fourth-order valence-corrected chi connectivity index (χ4v) is 5.18. The second kappa shape index (κ2) is 8.67. The first kappa shape index (κ1) is 21.2. The van der Waals surface area contributed by atoms with Crippen molar-refractivity contribution < 1.29 is 18.8 Å². The quantitative estimate of drug-likeness (QED) is 0.658. The lowest BCUT2D eigenvalue weighted by atomic mass is 9.91. The van der Waals surface area contributed by atoms with Crippen LogP contribution in [0.4, 0.5) is 4.39 Å². The van der Waals surface area contributed by atoms with Gasteiger partial charge in [-0.05, 0) is 63.5 Å². The lowest BCUT2D eigenvalue weighted by Gasteiger charge is -2.31. The average molecular weight is 441 g/mol. The van der Waals surface area contributed by atoms with E-state index in [4.69, 9.17) is 4.52 Å². The van der Waals surface area contributed by atoms with Crippen molar-refractivity contribution in [3.8, 4) is 0 Å². The minimum Gasteiger partial charge on any atom is -0.387 e. The number of rotatable bonds is 5. The van der Waals surface area contributed by atoms with E-state index in [1.807, 2.05) is 28.8 Å². The molecule has 1 atom stereocenters. The molecule has 0 spiro atoms. The van der Waals surface area contributed by atoms with Gasteiger partial charge in [-0.2, -0.15) is 0 Å². The summed E-state index contributed by atoms with van der Waals surface area (Å²) in [6.07, 6.45) is 4.69. The molecule has 0 saturated carbocycles. The normalized spacial score (nSPS) is 20.7. The fourth-order valence-electron chi connectivity index (χ4n) is 5.18. The van der Waals surface area contributed by atoms with Gasteiger partial charge >= 0.3 is 0 Å². The fraction of sp³-hybridized carbons (Fsp3) is 0.500. The number of amides is 1. The highest BCUT2D eigenvalue weighted by molar-refractivity contribution is 5.96. The molecule has 0 bridgehead atoms. The maximum Gasteiger partial charge on any atom is 0.255 e. The molecular formula is C24H29FN4O3. The number of carbonyl (C=O) groups is 1. The van der Waals surface area contributed by atoms with Crippen molar-refractivity contribution in [1.29, 1.82) is 0 Å². The Bertz CT molecular complexity index is 1120. The lowest BCUT2D eigenvalue weighted by Crippen LogP contribution is -2.37. The first-order valence-electron chi connectivity index (χ1n) is 11.4. The average Bonchev–Trinajstić information content (AvgIpc) is 3.36. The van der Waals surface area contributed by atoms with Gasteiger partial charge in [-0.25, -0.2) is 4.39 Å². The van der Waals surface area contributed by atoms with Crippen LogP contribution in [-0.4, -0.2) is 63.3 Å². The molecule has 0 radical (unpaired) electrons. The highest BCUT2D eigenvalue weighted by atomic mass is 19.1. The van der Waals surface area contributed by atoms with Gasteiger partial charge in [0.1, 0.15) is 5.82 Å². The Balaban J connectivity index is 1.13. The zero-order valence-electron chi connectivity index (χ0n) is 18.3. The van der Waals surface area contributed by atoms with Crippen LogP contribution >= 0.6 is 0 Å². The van der Waals surface area contributed by atoms with Gasteiger partial charge in [0.15, 0.2) is 5.58 Å². The summed E-state index contributed by atoms with van der Waals surface area (Å²) < 4.78 is 20.6. The highest BCUT2D eigenvalue weighted by Gasteiger charge is 2.29. The van der Waals surface area contributed by atoms with Crippen LogP contribution in [-0.2, 0) is 7.05 Å². The van der Waals surface area contributed by atoms with Crippen molar-refractivity contribution in [3.05, 3.63) is 53.2 Å². The van der Waals surface area contributed by atoms with Crippen LogP contribution in [0.15, 0.2) is 35.0 Å². The standard InChI is InChI=1S/C24H29FN4O3/c1-27-11-7-19-23(27)20(30)8-14-29(24(19)31)10-2-9-28-12-5-16(6-13-28)22-18-4-3-17(25)15-21(18)32-26-22/h3-4,7,11,15-16,20,30H,2,5-6,8-10,12-14H2,1H3. The first-order valence-corrected chi connectivity index (χ1v) is 11.4. The predicted molar refractivity (Wildman–Crippen MR) is 118 cm³/mol. The summed E-state index contributed by atoms with van der Waals surface area (Å²) in [5.41, 5.74) is 2.80. The van der Waals surface area contributed by atoms with Gasteiger partial charge in [0.25, 0.3) is 5.91 Å². The maximum absolute atomic E-state index is 13.4. The zero-order chi connectivity index (χ0) is 22.2. The number of fused-ring (bicyclic) bond motifs is 2. The molecule has 7 nitrogen and oxygen atoms in total. The molecule has 5 rings (SSSR count). The van der Waals surface area contributed by atoms with Crippen LogP contribution in [0.3, 0.4) is 0 Å². The molecule has 1 fully saturated rings. The lowest BCUT2D eigenvalue weighted by molar-refractivity contribution is 0.0736. The molecule has 1 saturated heterocycles. The Kier molecular flexibility index (Phi) is 5.73. The molecule has 1 aromatic carbocycles. The van der Waals surface area contributed by atoms with Crippen molar-refractivity contribution >= 4 is 16.9 Å². The van der Waals surface area contributed by atoms with Gasteiger partial charge in [-0.15, -0.1) is 0 Å². The van der Waals surface area contributed by atoms with Crippen molar-refractivity contribution in [2.45, 2.75) is 37.7 Å². The summed E-state index contributed by atoms with van der Waals surface area (Å²) in [6, 6.07) is 6.42. The third-order valence-electron chi connectivity index (χ3n) is 6.97. The number of likely N-dealkylation sites (tertiary alicyclic amines) is 1. The Hall–Kier alpha value is -2.71. The van der Waals surface area contributed by atoms with E-state index in [2.05, 4.69) is 10.1 Å². The number of aliphatic hydroxyl groups excluding tert-OH is 1. The van der Waals surface area contributed by atoms with Crippen molar-refractivity contribution in [1.82, 2.24) is 19.5 Å². The summed E-state index contributed by atoms with van der Waals surface area (Å²) in [7, 11) is 1.87. The van der Waals surface area contributed by atoms with Crippen molar-refractivity contribution in [3.63, 3.8) is 0 Å². The number of halogens is 1. The van der Waals surface area contributed by atoms with E-state index in [-0.39, 0.29) is 11.7 Å². The van der Waals surface area contributed by atoms with E-state index in [1.165, 1.54) is 12.1 Å². The molecule has 32 heavy (non-hydrogen) atoms. The Morgan fingerprint density at radius 3 is 2.78 bits per heavy atom. The molecule has 2 aliphatic rings. The van der Waals surface area contributed by atoms with E-state index in [0.717, 1.165) is 55.7 Å². The number of benzene rings is 1. The molecule has 3 aromatic rings. The summed E-state index contributed by atoms with van der Waals surface area (Å²) in [5, 5.41) is 15.6. The number of nitrogens with zero attached hydrogens (tertiary/aromatic N) is 4.